The molecule has 1 aromatic heterocycles. The van der Waals surface area contributed by atoms with Gasteiger partial charge in [0.05, 0.1) is 0 Å². The zero-order chi connectivity index (χ0) is 16.7. The largest absolute Gasteiger partial charge is 0.452 e. The van der Waals surface area contributed by atoms with E-state index in [0.717, 1.165) is 5.56 Å². The maximum atomic E-state index is 11.9. The van der Waals surface area contributed by atoms with Crippen molar-refractivity contribution >= 4 is 35.6 Å². The molecule has 0 spiro atoms. The first-order valence-corrected chi connectivity index (χ1v) is 7.52. The predicted molar refractivity (Wildman–Crippen MR) is 89.8 cm³/mol. The van der Waals surface area contributed by atoms with Crippen LogP contribution < -0.4 is 11.1 Å². The van der Waals surface area contributed by atoms with E-state index in [4.69, 9.17) is 21.8 Å². The minimum Gasteiger partial charge on any atom is -0.452 e. The highest BCUT2D eigenvalue weighted by Gasteiger charge is 2.09. The quantitative estimate of drug-likeness (QED) is 0.764. The summed E-state index contributed by atoms with van der Waals surface area (Å²) in [7, 11) is 0. The molecule has 5 nitrogen and oxygen atoms in total. The first kappa shape index (κ1) is 16.8. The summed E-state index contributed by atoms with van der Waals surface area (Å²) in [5.41, 5.74) is 6.00. The third kappa shape index (κ3) is 5.64. The zero-order valence-corrected chi connectivity index (χ0v) is 13.2. The van der Waals surface area contributed by atoms with Gasteiger partial charge in [0.2, 0.25) is 5.91 Å². The second-order valence-corrected chi connectivity index (χ2v) is 5.35. The molecule has 6 heteroatoms. The topological polar surface area (TPSA) is 85.3 Å². The number of nitrogens with two attached hydrogens (primary N) is 1. The summed E-state index contributed by atoms with van der Waals surface area (Å²) in [6, 6.07) is 10.7. The monoisotopic (exact) mass is 332 g/mol. The second-order valence-electron chi connectivity index (χ2n) is 4.91. The molecule has 0 aliphatic heterocycles. The number of benzene rings is 1. The highest BCUT2D eigenvalue weighted by atomic mass is 35.5. The Kier molecular flexibility index (Phi) is 6.00. The van der Waals surface area contributed by atoms with Crippen molar-refractivity contribution in [2.75, 3.05) is 6.54 Å². The van der Waals surface area contributed by atoms with Gasteiger partial charge in [-0.1, -0.05) is 29.8 Å². The van der Waals surface area contributed by atoms with Crippen LogP contribution in [0, 0.1) is 0 Å². The van der Waals surface area contributed by atoms with Crippen molar-refractivity contribution in [3.8, 4) is 0 Å². The maximum absolute atomic E-state index is 11.9. The van der Waals surface area contributed by atoms with E-state index in [1.54, 1.807) is 30.3 Å². The number of carbonyl (C=O) groups is 2. The van der Waals surface area contributed by atoms with Gasteiger partial charge in [-0.15, -0.1) is 0 Å². The van der Waals surface area contributed by atoms with Crippen LogP contribution in [0.25, 0.3) is 12.2 Å². The second kappa shape index (κ2) is 8.19. The lowest BCUT2D eigenvalue weighted by Gasteiger charge is -2.01. The van der Waals surface area contributed by atoms with E-state index in [2.05, 4.69) is 5.32 Å². The normalized spacial score (nSPS) is 10.8. The SMILES string of the molecule is NC(=O)CCCNC(=O)c1ccc(/C=C/c2ccc(Cl)cc2)o1. The molecule has 0 saturated carbocycles. The summed E-state index contributed by atoms with van der Waals surface area (Å²) in [6.45, 7) is 0.373. The number of hydrogen-bond donors (Lipinski definition) is 2. The number of furan rings is 1. The van der Waals surface area contributed by atoms with Gasteiger partial charge in [0, 0.05) is 18.0 Å². The molecular weight excluding hydrogens is 316 g/mol. The molecule has 0 atom stereocenters. The van der Waals surface area contributed by atoms with E-state index >= 15 is 0 Å². The third-order valence-corrected chi connectivity index (χ3v) is 3.30. The first-order chi connectivity index (χ1) is 11.0. The van der Waals surface area contributed by atoms with Crippen molar-refractivity contribution in [2.24, 2.45) is 5.73 Å². The van der Waals surface area contributed by atoms with Crippen LogP contribution in [0.3, 0.4) is 0 Å². The lowest BCUT2D eigenvalue weighted by Crippen LogP contribution is -2.25. The first-order valence-electron chi connectivity index (χ1n) is 7.14. The molecule has 120 valence electrons. The molecule has 3 N–H and O–H groups in total. The molecular formula is C17H17ClN2O3. The molecule has 1 heterocycles. The number of nitrogens with one attached hydrogen (secondary N) is 1. The molecule has 1 aromatic carbocycles. The molecule has 0 radical (unpaired) electrons. The van der Waals surface area contributed by atoms with Crippen LogP contribution in [0.1, 0.15) is 34.7 Å². The van der Waals surface area contributed by atoms with Crippen molar-refractivity contribution in [1.82, 2.24) is 5.32 Å². The summed E-state index contributed by atoms with van der Waals surface area (Å²) in [4.78, 5) is 22.5. The summed E-state index contributed by atoms with van der Waals surface area (Å²) in [5.74, 6) is 0.0922. The number of carbonyl (C=O) groups excluding carboxylic acids is 2. The number of rotatable bonds is 7. The van der Waals surface area contributed by atoms with Crippen LogP contribution in [-0.2, 0) is 4.79 Å². The molecule has 0 bridgehead atoms. The van der Waals surface area contributed by atoms with E-state index in [1.807, 2.05) is 18.2 Å². The fourth-order valence-electron chi connectivity index (χ4n) is 1.87. The fraction of sp³-hybridized carbons (Fsp3) is 0.176. The molecule has 23 heavy (non-hydrogen) atoms. The van der Waals surface area contributed by atoms with Crippen LogP contribution in [0.15, 0.2) is 40.8 Å². The highest BCUT2D eigenvalue weighted by molar-refractivity contribution is 6.30. The van der Waals surface area contributed by atoms with Crippen LogP contribution in [0.5, 0.6) is 0 Å². The van der Waals surface area contributed by atoms with Gasteiger partial charge in [0.15, 0.2) is 5.76 Å². The van der Waals surface area contributed by atoms with Gasteiger partial charge < -0.3 is 15.5 Å². The Morgan fingerprint density at radius 2 is 1.87 bits per heavy atom. The lowest BCUT2D eigenvalue weighted by atomic mass is 10.2. The minimum absolute atomic E-state index is 0.222. The molecule has 0 aliphatic carbocycles. The summed E-state index contributed by atoms with van der Waals surface area (Å²) in [5, 5.41) is 3.34. The molecule has 2 aromatic rings. The van der Waals surface area contributed by atoms with Crippen molar-refractivity contribution in [1.29, 1.82) is 0 Å². The summed E-state index contributed by atoms with van der Waals surface area (Å²) >= 11 is 5.82. The number of halogens is 1. The van der Waals surface area contributed by atoms with Crippen molar-refractivity contribution in [3.05, 3.63) is 58.5 Å². The van der Waals surface area contributed by atoms with Gasteiger partial charge in [-0.05, 0) is 42.3 Å². The summed E-state index contributed by atoms with van der Waals surface area (Å²) in [6.07, 6.45) is 4.38. The Labute approximate surface area is 139 Å². The standard InChI is InChI=1S/C17H17ClN2O3/c18-13-6-3-12(4-7-13)5-8-14-9-10-15(23-14)17(22)20-11-1-2-16(19)21/h3-10H,1-2,11H2,(H2,19,21)(H,20,22)/b8-5+. The Balaban J connectivity index is 1.88. The van der Waals surface area contributed by atoms with Gasteiger partial charge in [-0.2, -0.15) is 0 Å². The van der Waals surface area contributed by atoms with Gasteiger partial charge >= 0.3 is 0 Å². The highest BCUT2D eigenvalue weighted by Crippen LogP contribution is 2.14. The van der Waals surface area contributed by atoms with E-state index in [-0.39, 0.29) is 24.0 Å². The predicted octanol–water partition coefficient (Wildman–Crippen LogP) is 3.10. The smallest absolute Gasteiger partial charge is 0.287 e. The molecule has 2 rings (SSSR count). The van der Waals surface area contributed by atoms with Gasteiger partial charge in [-0.25, -0.2) is 0 Å². The Bertz CT molecular complexity index is 705. The molecule has 2 amide bonds. The molecule has 0 saturated heterocycles. The van der Waals surface area contributed by atoms with E-state index < -0.39 is 0 Å². The van der Waals surface area contributed by atoms with E-state index in [0.29, 0.717) is 23.7 Å². The Morgan fingerprint density at radius 1 is 1.13 bits per heavy atom. The van der Waals surface area contributed by atoms with Gasteiger partial charge in [0.25, 0.3) is 5.91 Å². The average molecular weight is 333 g/mol. The maximum Gasteiger partial charge on any atom is 0.287 e. The number of hydrogen-bond acceptors (Lipinski definition) is 3. The van der Waals surface area contributed by atoms with Crippen molar-refractivity contribution in [3.63, 3.8) is 0 Å². The third-order valence-electron chi connectivity index (χ3n) is 3.05. The van der Waals surface area contributed by atoms with Crippen molar-refractivity contribution in [2.45, 2.75) is 12.8 Å². The van der Waals surface area contributed by atoms with Crippen molar-refractivity contribution < 1.29 is 14.0 Å². The van der Waals surface area contributed by atoms with Crippen LogP contribution >= 0.6 is 11.6 Å². The number of amides is 2. The van der Waals surface area contributed by atoms with E-state index in [9.17, 15) is 9.59 Å². The minimum atomic E-state index is -0.383. The number of primary amides is 1. The van der Waals surface area contributed by atoms with Gasteiger partial charge in [-0.3, -0.25) is 9.59 Å². The van der Waals surface area contributed by atoms with E-state index in [1.165, 1.54) is 0 Å². The Morgan fingerprint density at radius 3 is 2.57 bits per heavy atom. The molecule has 0 fully saturated rings. The van der Waals surface area contributed by atoms with Crippen LogP contribution in [-0.4, -0.2) is 18.4 Å². The zero-order valence-electron chi connectivity index (χ0n) is 12.4. The lowest BCUT2D eigenvalue weighted by molar-refractivity contribution is -0.118. The van der Waals surface area contributed by atoms with Gasteiger partial charge in [0.1, 0.15) is 5.76 Å². The van der Waals surface area contributed by atoms with Crippen LogP contribution in [0.4, 0.5) is 0 Å². The molecule has 0 unspecified atom stereocenters. The molecule has 0 aliphatic rings. The Hall–Kier alpha value is -2.53. The summed E-state index contributed by atoms with van der Waals surface area (Å²) < 4.78 is 5.45. The van der Waals surface area contributed by atoms with Crippen LogP contribution in [0.2, 0.25) is 5.02 Å². The fourth-order valence-corrected chi connectivity index (χ4v) is 1.99. The average Bonchev–Trinajstić information content (AvgIpc) is 3.00.